The summed E-state index contributed by atoms with van der Waals surface area (Å²) in [6.45, 7) is 6.05. The molecule has 1 amide bonds. The number of carbonyl (C=O) groups is 1. The number of nitrogens with zero attached hydrogens (tertiary/aromatic N) is 2. The molecule has 0 saturated carbocycles. The molecular formula is C33H39N3O3. The Labute approximate surface area is 231 Å². The summed E-state index contributed by atoms with van der Waals surface area (Å²) in [4.78, 5) is 17.2. The number of hydrogen-bond donors (Lipinski definition) is 1. The molecular weight excluding hydrogens is 486 g/mol. The molecule has 1 N–H and O–H groups in total. The minimum absolute atomic E-state index is 0.0521. The average molecular weight is 526 g/mol. The maximum Gasteiger partial charge on any atom is 0.224 e. The number of unbranched alkanes of at least 4 members (excludes halogenated alkanes) is 2. The van der Waals surface area contributed by atoms with E-state index in [-0.39, 0.29) is 5.91 Å². The zero-order valence-electron chi connectivity index (χ0n) is 22.9. The summed E-state index contributed by atoms with van der Waals surface area (Å²) in [5.74, 6) is 2.90. The minimum atomic E-state index is 0.0521. The van der Waals surface area contributed by atoms with E-state index in [0.717, 1.165) is 79.0 Å². The van der Waals surface area contributed by atoms with Crippen LogP contribution in [0, 0.1) is 0 Å². The number of benzene rings is 3. The normalized spacial score (nSPS) is 10.9. The van der Waals surface area contributed by atoms with Crippen LogP contribution < -0.4 is 14.8 Å². The predicted octanol–water partition coefficient (Wildman–Crippen LogP) is 6.31. The van der Waals surface area contributed by atoms with Gasteiger partial charge in [0.1, 0.15) is 17.3 Å². The summed E-state index contributed by atoms with van der Waals surface area (Å²) in [6, 6.07) is 24.1. The Kier molecular flexibility index (Phi) is 10.6. The number of allylic oxidation sites excluding steroid dienone is 1. The lowest BCUT2D eigenvalue weighted by molar-refractivity contribution is -0.120. The van der Waals surface area contributed by atoms with Gasteiger partial charge < -0.3 is 19.4 Å². The van der Waals surface area contributed by atoms with Gasteiger partial charge in [0.05, 0.1) is 31.2 Å². The van der Waals surface area contributed by atoms with Crippen LogP contribution in [0.1, 0.15) is 42.6 Å². The van der Waals surface area contributed by atoms with E-state index in [0.29, 0.717) is 19.6 Å². The molecule has 0 atom stereocenters. The van der Waals surface area contributed by atoms with E-state index in [1.165, 1.54) is 5.52 Å². The number of ether oxygens (including phenoxy) is 2. The Morgan fingerprint density at radius 2 is 1.77 bits per heavy atom. The van der Waals surface area contributed by atoms with E-state index in [1.54, 1.807) is 7.11 Å². The standard InChI is InChI=1S/C33H39N3O3/c1-3-12-27-13-6-9-16-31(27)39-24-11-23-36-30-15-8-7-14-29(30)35-32(36)17-5-4-10-22-34-33(37)25-26-18-20-28(38-2)21-19-26/h3,6-9,13-16,18-21H,1,4-5,10-12,17,22-25H2,2H3,(H,34,37). The number of aryl methyl sites for hydroxylation is 2. The summed E-state index contributed by atoms with van der Waals surface area (Å²) in [5.41, 5.74) is 4.36. The molecule has 4 aromatic rings. The number of nitrogens with one attached hydrogen (secondary N) is 1. The number of aromatic nitrogens is 2. The Bertz CT molecular complexity index is 1340. The lowest BCUT2D eigenvalue weighted by Gasteiger charge is -2.12. The van der Waals surface area contributed by atoms with Crippen LogP contribution in [0.15, 0.2) is 85.5 Å². The monoisotopic (exact) mass is 525 g/mol. The van der Waals surface area contributed by atoms with E-state index < -0.39 is 0 Å². The highest BCUT2D eigenvalue weighted by molar-refractivity contribution is 5.78. The van der Waals surface area contributed by atoms with E-state index in [9.17, 15) is 4.79 Å². The Morgan fingerprint density at radius 1 is 0.974 bits per heavy atom. The zero-order chi connectivity index (χ0) is 27.3. The van der Waals surface area contributed by atoms with Crippen LogP contribution in [-0.4, -0.2) is 35.7 Å². The van der Waals surface area contributed by atoms with Crippen molar-refractivity contribution in [1.29, 1.82) is 0 Å². The number of imidazole rings is 1. The highest BCUT2D eigenvalue weighted by atomic mass is 16.5. The first-order chi connectivity index (χ1) is 19.2. The summed E-state index contributed by atoms with van der Waals surface area (Å²) in [6.07, 6.45) is 7.93. The number of carbonyl (C=O) groups excluding carboxylic acids is 1. The van der Waals surface area contributed by atoms with Crippen molar-refractivity contribution in [1.82, 2.24) is 14.9 Å². The van der Waals surface area contributed by atoms with E-state index in [2.05, 4.69) is 40.7 Å². The number of rotatable bonds is 16. The average Bonchev–Trinajstić information content (AvgIpc) is 3.31. The van der Waals surface area contributed by atoms with Gasteiger partial charge >= 0.3 is 0 Å². The third kappa shape index (κ3) is 8.21. The Hall–Kier alpha value is -4.06. The summed E-state index contributed by atoms with van der Waals surface area (Å²) in [7, 11) is 1.64. The zero-order valence-corrected chi connectivity index (χ0v) is 22.9. The second-order valence-electron chi connectivity index (χ2n) is 9.66. The quantitative estimate of drug-likeness (QED) is 0.137. The third-order valence-electron chi connectivity index (χ3n) is 6.78. The lowest BCUT2D eigenvalue weighted by atomic mass is 10.1. The second kappa shape index (κ2) is 14.8. The van der Waals surface area contributed by atoms with Crippen molar-refractivity contribution in [2.45, 2.75) is 51.5 Å². The molecule has 0 saturated heterocycles. The molecule has 0 spiro atoms. The molecule has 6 heteroatoms. The maximum atomic E-state index is 12.3. The minimum Gasteiger partial charge on any atom is -0.497 e. The highest BCUT2D eigenvalue weighted by Gasteiger charge is 2.11. The molecule has 4 rings (SSSR count). The van der Waals surface area contributed by atoms with Crippen LogP contribution in [0.25, 0.3) is 11.0 Å². The second-order valence-corrected chi connectivity index (χ2v) is 9.66. The van der Waals surface area contributed by atoms with Gasteiger partial charge in [0.2, 0.25) is 5.91 Å². The molecule has 6 nitrogen and oxygen atoms in total. The van der Waals surface area contributed by atoms with Crippen molar-refractivity contribution in [2.24, 2.45) is 0 Å². The van der Waals surface area contributed by atoms with Crippen LogP contribution in [0.2, 0.25) is 0 Å². The first-order valence-corrected chi connectivity index (χ1v) is 13.8. The van der Waals surface area contributed by atoms with Crippen molar-refractivity contribution < 1.29 is 14.3 Å². The summed E-state index contributed by atoms with van der Waals surface area (Å²) >= 11 is 0. The molecule has 1 aromatic heterocycles. The van der Waals surface area contributed by atoms with Crippen LogP contribution in [0.4, 0.5) is 0 Å². The van der Waals surface area contributed by atoms with Crippen LogP contribution in [-0.2, 0) is 30.6 Å². The molecule has 0 radical (unpaired) electrons. The number of methoxy groups -OCH3 is 1. The van der Waals surface area contributed by atoms with Gasteiger partial charge in [-0.2, -0.15) is 0 Å². The van der Waals surface area contributed by atoms with Crippen LogP contribution in [0.5, 0.6) is 11.5 Å². The third-order valence-corrected chi connectivity index (χ3v) is 6.78. The van der Waals surface area contributed by atoms with Crippen molar-refractivity contribution in [3.8, 4) is 11.5 Å². The fourth-order valence-corrected chi connectivity index (χ4v) is 4.74. The molecule has 0 aliphatic rings. The number of amides is 1. The number of hydrogen-bond acceptors (Lipinski definition) is 4. The number of para-hydroxylation sites is 3. The van der Waals surface area contributed by atoms with Crippen LogP contribution in [0.3, 0.4) is 0 Å². The largest absolute Gasteiger partial charge is 0.497 e. The smallest absolute Gasteiger partial charge is 0.224 e. The molecule has 0 aliphatic heterocycles. The van der Waals surface area contributed by atoms with Crippen molar-refractivity contribution in [3.63, 3.8) is 0 Å². The molecule has 204 valence electrons. The Morgan fingerprint density at radius 3 is 2.59 bits per heavy atom. The molecule has 3 aromatic carbocycles. The topological polar surface area (TPSA) is 65.4 Å². The van der Waals surface area contributed by atoms with Crippen LogP contribution >= 0.6 is 0 Å². The number of fused-ring (bicyclic) bond motifs is 1. The first-order valence-electron chi connectivity index (χ1n) is 13.8. The van der Waals surface area contributed by atoms with Gasteiger partial charge in [-0.1, -0.05) is 55.0 Å². The molecule has 0 fully saturated rings. The van der Waals surface area contributed by atoms with Crippen molar-refractivity contribution in [2.75, 3.05) is 20.3 Å². The summed E-state index contributed by atoms with van der Waals surface area (Å²) in [5, 5.41) is 3.04. The van der Waals surface area contributed by atoms with Gasteiger partial charge in [0, 0.05) is 19.5 Å². The molecule has 39 heavy (non-hydrogen) atoms. The van der Waals surface area contributed by atoms with Gasteiger partial charge in [0.15, 0.2) is 0 Å². The fraction of sp³-hybridized carbons (Fsp3) is 0.333. The first kappa shape index (κ1) is 28.0. The van der Waals surface area contributed by atoms with Gasteiger partial charge in [-0.15, -0.1) is 6.58 Å². The molecule has 0 unspecified atom stereocenters. The van der Waals surface area contributed by atoms with Gasteiger partial charge in [0.25, 0.3) is 0 Å². The van der Waals surface area contributed by atoms with Gasteiger partial charge in [-0.05, 0) is 67.1 Å². The molecule has 0 bridgehead atoms. The fourth-order valence-electron chi connectivity index (χ4n) is 4.74. The SMILES string of the molecule is C=CCc1ccccc1OCCCn1c(CCCCCNC(=O)Cc2ccc(OC)cc2)nc2ccccc21. The van der Waals surface area contributed by atoms with Gasteiger partial charge in [-0.3, -0.25) is 4.79 Å². The maximum absolute atomic E-state index is 12.3. The predicted molar refractivity (Wildman–Crippen MR) is 157 cm³/mol. The van der Waals surface area contributed by atoms with E-state index in [4.69, 9.17) is 14.5 Å². The van der Waals surface area contributed by atoms with Crippen molar-refractivity contribution >= 4 is 16.9 Å². The van der Waals surface area contributed by atoms with E-state index in [1.807, 2.05) is 54.6 Å². The lowest BCUT2D eigenvalue weighted by Crippen LogP contribution is -2.26. The molecule has 0 aliphatic carbocycles. The molecule has 1 heterocycles. The summed E-state index contributed by atoms with van der Waals surface area (Å²) < 4.78 is 13.6. The van der Waals surface area contributed by atoms with E-state index >= 15 is 0 Å². The van der Waals surface area contributed by atoms with Gasteiger partial charge in [-0.25, -0.2) is 4.98 Å². The Balaban J connectivity index is 1.21. The van der Waals surface area contributed by atoms with Crippen molar-refractivity contribution in [3.05, 3.63) is 102 Å². The highest BCUT2D eigenvalue weighted by Crippen LogP contribution is 2.21.